The number of aromatic nitrogens is 2. The first-order valence-corrected chi connectivity index (χ1v) is 10.9. The number of imidazole rings is 1. The van der Waals surface area contributed by atoms with Crippen LogP contribution in [0.2, 0.25) is 5.02 Å². The van der Waals surface area contributed by atoms with Crippen LogP contribution < -0.4 is 10.5 Å². The molecule has 5 aromatic rings. The topological polar surface area (TPSA) is 51.3 Å². The van der Waals surface area contributed by atoms with Gasteiger partial charge in [0.05, 0.1) is 23.6 Å². The van der Waals surface area contributed by atoms with E-state index >= 15 is 0 Å². The third-order valence-corrected chi connectivity index (χ3v) is 6.46. The minimum absolute atomic E-state index is 0.0970. The second-order valence-corrected chi connectivity index (χ2v) is 8.74. The van der Waals surface area contributed by atoms with Gasteiger partial charge in [-0.1, -0.05) is 35.4 Å². The molecule has 0 saturated carbocycles. The van der Waals surface area contributed by atoms with Gasteiger partial charge in [-0.15, -0.1) is 0 Å². The van der Waals surface area contributed by atoms with Crippen LogP contribution in [0.5, 0.6) is 0 Å². The SMILES string of the molecule is Cc1ccc2oc(=O)cc(C3CN(c4ccc(Cl)cc4)Cn4c3nc3ccccc34)c2c1. The molecule has 0 N–H and O–H groups in total. The van der Waals surface area contributed by atoms with E-state index in [1.54, 1.807) is 6.07 Å². The molecule has 0 fully saturated rings. The molecule has 2 aromatic heterocycles. The molecule has 6 rings (SSSR count). The van der Waals surface area contributed by atoms with E-state index in [-0.39, 0.29) is 11.5 Å². The van der Waals surface area contributed by atoms with Crippen molar-refractivity contribution in [1.29, 1.82) is 0 Å². The molecular weight excluding hydrogens is 422 g/mol. The summed E-state index contributed by atoms with van der Waals surface area (Å²) in [5.41, 5.74) is 5.42. The van der Waals surface area contributed by atoms with Crippen LogP contribution in [0.1, 0.15) is 22.9 Å². The molecule has 6 heteroatoms. The summed E-state index contributed by atoms with van der Waals surface area (Å²) in [6.07, 6.45) is 0. The summed E-state index contributed by atoms with van der Waals surface area (Å²) >= 11 is 6.14. The van der Waals surface area contributed by atoms with Gasteiger partial charge in [0.25, 0.3) is 0 Å². The summed E-state index contributed by atoms with van der Waals surface area (Å²) in [7, 11) is 0. The van der Waals surface area contributed by atoms with Gasteiger partial charge in [0, 0.05) is 28.7 Å². The Morgan fingerprint density at radius 2 is 1.84 bits per heavy atom. The normalized spacial score (nSPS) is 15.9. The van der Waals surface area contributed by atoms with E-state index in [2.05, 4.69) is 21.6 Å². The molecule has 0 amide bonds. The Balaban J connectivity index is 1.60. The quantitative estimate of drug-likeness (QED) is 0.329. The van der Waals surface area contributed by atoms with Gasteiger partial charge in [-0.3, -0.25) is 0 Å². The van der Waals surface area contributed by atoms with E-state index in [4.69, 9.17) is 21.0 Å². The Hall–Kier alpha value is -3.57. The lowest BCUT2D eigenvalue weighted by molar-refractivity contribution is 0.517. The standard InChI is InChI=1S/C26H20ClN3O2/c1-16-6-11-24-20(12-16)19(13-25(31)32-24)21-14-29(18-9-7-17(27)8-10-18)15-30-23-5-3-2-4-22(23)28-26(21)30/h2-13,21H,14-15H2,1H3. The zero-order chi connectivity index (χ0) is 21.8. The van der Waals surface area contributed by atoms with E-state index in [1.165, 1.54) is 0 Å². The number of halogens is 1. The first kappa shape index (κ1) is 19.1. The zero-order valence-corrected chi connectivity index (χ0v) is 18.2. The highest BCUT2D eigenvalue weighted by molar-refractivity contribution is 6.30. The number of nitrogens with zero attached hydrogens (tertiary/aromatic N) is 3. The molecule has 0 radical (unpaired) electrons. The third kappa shape index (κ3) is 3.09. The molecule has 3 heterocycles. The predicted molar refractivity (Wildman–Crippen MR) is 128 cm³/mol. The predicted octanol–water partition coefficient (Wildman–Crippen LogP) is 5.71. The van der Waals surface area contributed by atoms with Gasteiger partial charge in [0.1, 0.15) is 11.4 Å². The molecule has 3 aromatic carbocycles. The lowest BCUT2D eigenvalue weighted by atomic mass is 9.92. The Kier molecular flexibility index (Phi) is 4.33. The van der Waals surface area contributed by atoms with Crippen LogP contribution in [-0.2, 0) is 6.67 Å². The van der Waals surface area contributed by atoms with Crippen molar-refractivity contribution in [3.8, 4) is 0 Å². The number of benzene rings is 3. The van der Waals surface area contributed by atoms with Gasteiger partial charge in [-0.2, -0.15) is 0 Å². The molecule has 1 atom stereocenters. The summed E-state index contributed by atoms with van der Waals surface area (Å²) in [5, 5.41) is 1.66. The van der Waals surface area contributed by atoms with Crippen molar-refractivity contribution in [2.24, 2.45) is 0 Å². The van der Waals surface area contributed by atoms with Crippen molar-refractivity contribution in [2.45, 2.75) is 19.5 Å². The number of hydrogen-bond acceptors (Lipinski definition) is 4. The molecule has 1 aliphatic rings. The van der Waals surface area contributed by atoms with Gasteiger partial charge in [-0.25, -0.2) is 9.78 Å². The number of aryl methyl sites for hydroxylation is 1. The smallest absolute Gasteiger partial charge is 0.336 e. The first-order valence-electron chi connectivity index (χ1n) is 10.6. The van der Waals surface area contributed by atoms with E-state index < -0.39 is 0 Å². The first-order chi connectivity index (χ1) is 15.6. The summed E-state index contributed by atoms with van der Waals surface area (Å²) in [6.45, 7) is 3.41. The van der Waals surface area contributed by atoms with Crippen molar-refractivity contribution >= 4 is 39.3 Å². The number of fused-ring (bicyclic) bond motifs is 4. The van der Waals surface area contributed by atoms with Crippen molar-refractivity contribution in [3.63, 3.8) is 0 Å². The van der Waals surface area contributed by atoms with Gasteiger partial charge < -0.3 is 13.9 Å². The third-order valence-electron chi connectivity index (χ3n) is 6.21. The van der Waals surface area contributed by atoms with Crippen LogP contribution in [-0.4, -0.2) is 16.1 Å². The summed E-state index contributed by atoms with van der Waals surface area (Å²) in [4.78, 5) is 19.8. The fraction of sp³-hybridized carbons (Fsp3) is 0.154. The molecule has 1 aliphatic heterocycles. The van der Waals surface area contributed by atoms with Crippen molar-refractivity contribution in [2.75, 3.05) is 11.4 Å². The molecule has 32 heavy (non-hydrogen) atoms. The van der Waals surface area contributed by atoms with E-state index in [0.717, 1.165) is 39.1 Å². The molecular formula is C26H20ClN3O2. The number of anilines is 1. The second kappa shape index (κ2) is 7.24. The average Bonchev–Trinajstić information content (AvgIpc) is 3.17. The maximum atomic E-state index is 12.5. The van der Waals surface area contributed by atoms with Crippen molar-refractivity contribution < 1.29 is 4.42 Å². The summed E-state index contributed by atoms with van der Waals surface area (Å²) in [5.74, 6) is 0.866. The summed E-state index contributed by atoms with van der Waals surface area (Å²) in [6, 6.07) is 23.6. The van der Waals surface area contributed by atoms with Gasteiger partial charge in [-0.05, 0) is 61.0 Å². The average molecular weight is 442 g/mol. The van der Waals surface area contributed by atoms with Crippen LogP contribution in [0.25, 0.3) is 22.0 Å². The monoisotopic (exact) mass is 441 g/mol. The zero-order valence-electron chi connectivity index (χ0n) is 17.5. The highest BCUT2D eigenvalue weighted by atomic mass is 35.5. The van der Waals surface area contributed by atoms with Crippen LogP contribution in [0.15, 0.2) is 82.0 Å². The summed E-state index contributed by atoms with van der Waals surface area (Å²) < 4.78 is 7.75. The number of para-hydroxylation sites is 2. The molecule has 0 saturated heterocycles. The minimum Gasteiger partial charge on any atom is -0.423 e. The lowest BCUT2D eigenvalue weighted by Gasteiger charge is -2.36. The number of hydrogen-bond donors (Lipinski definition) is 0. The Labute approximate surface area is 189 Å². The maximum absolute atomic E-state index is 12.5. The molecule has 0 aliphatic carbocycles. The Bertz CT molecular complexity index is 1540. The van der Waals surface area contributed by atoms with Crippen molar-refractivity contribution in [3.05, 3.63) is 105 Å². The van der Waals surface area contributed by atoms with Crippen LogP contribution in [0.3, 0.4) is 0 Å². The van der Waals surface area contributed by atoms with Crippen LogP contribution in [0, 0.1) is 6.92 Å². The van der Waals surface area contributed by atoms with Crippen LogP contribution in [0.4, 0.5) is 5.69 Å². The van der Waals surface area contributed by atoms with Gasteiger partial charge >= 0.3 is 5.63 Å². The fourth-order valence-corrected chi connectivity index (χ4v) is 4.83. The molecule has 0 spiro atoms. The Morgan fingerprint density at radius 1 is 1.03 bits per heavy atom. The van der Waals surface area contributed by atoms with Gasteiger partial charge in [0.2, 0.25) is 0 Å². The fourth-order valence-electron chi connectivity index (χ4n) is 4.70. The van der Waals surface area contributed by atoms with E-state index in [1.807, 2.05) is 61.5 Å². The lowest BCUT2D eigenvalue weighted by Crippen LogP contribution is -2.38. The maximum Gasteiger partial charge on any atom is 0.336 e. The van der Waals surface area contributed by atoms with Gasteiger partial charge in [0.15, 0.2) is 0 Å². The molecule has 5 nitrogen and oxygen atoms in total. The number of rotatable bonds is 2. The highest BCUT2D eigenvalue weighted by Gasteiger charge is 2.31. The van der Waals surface area contributed by atoms with Crippen molar-refractivity contribution in [1.82, 2.24) is 9.55 Å². The molecule has 1 unspecified atom stereocenters. The van der Waals surface area contributed by atoms with Crippen LogP contribution >= 0.6 is 11.6 Å². The second-order valence-electron chi connectivity index (χ2n) is 8.30. The minimum atomic E-state index is -0.345. The Morgan fingerprint density at radius 3 is 2.69 bits per heavy atom. The molecule has 158 valence electrons. The van der Waals surface area contributed by atoms with E-state index in [9.17, 15) is 4.79 Å². The van der Waals surface area contributed by atoms with E-state index in [0.29, 0.717) is 23.8 Å². The highest BCUT2D eigenvalue weighted by Crippen LogP contribution is 2.37. The molecule has 0 bridgehead atoms. The largest absolute Gasteiger partial charge is 0.423 e.